The third-order valence-corrected chi connectivity index (χ3v) is 4.93. The number of rotatable bonds is 5. The first-order valence-corrected chi connectivity index (χ1v) is 8.12. The van der Waals surface area contributed by atoms with Gasteiger partial charge in [0, 0.05) is 13.2 Å². The van der Waals surface area contributed by atoms with E-state index < -0.39 is 36.7 Å². The monoisotopic (exact) mass is 382 g/mol. The molecule has 0 aliphatic rings. The number of alkyl halides is 3. The van der Waals surface area contributed by atoms with Crippen molar-refractivity contribution in [1.29, 1.82) is 0 Å². The molecule has 0 bridgehead atoms. The van der Waals surface area contributed by atoms with E-state index >= 15 is 0 Å². The van der Waals surface area contributed by atoms with Gasteiger partial charge in [-0.15, -0.1) is 5.10 Å². The van der Waals surface area contributed by atoms with Crippen molar-refractivity contribution in [3.63, 3.8) is 0 Å². The van der Waals surface area contributed by atoms with E-state index in [2.05, 4.69) is 10.1 Å². The van der Waals surface area contributed by atoms with Crippen LogP contribution in [0.1, 0.15) is 5.56 Å². The van der Waals surface area contributed by atoms with Gasteiger partial charge in [0.05, 0.1) is 18.3 Å². The second-order valence-electron chi connectivity index (χ2n) is 4.57. The number of pyridine rings is 1. The third-order valence-electron chi connectivity index (χ3n) is 2.90. The Kier molecular flexibility index (Phi) is 4.85. The van der Waals surface area contributed by atoms with Crippen molar-refractivity contribution in [2.45, 2.75) is 16.2 Å². The van der Waals surface area contributed by atoms with Gasteiger partial charge in [0.15, 0.2) is 5.03 Å². The van der Waals surface area contributed by atoms with Crippen LogP contribution in [0, 0.1) is 0 Å². The van der Waals surface area contributed by atoms with Crippen molar-refractivity contribution in [2.24, 2.45) is 0 Å². The van der Waals surface area contributed by atoms with Gasteiger partial charge in [-0.25, -0.2) is 13.4 Å². The molecule has 0 atom stereocenters. The van der Waals surface area contributed by atoms with Gasteiger partial charge in [-0.2, -0.15) is 18.0 Å². The van der Waals surface area contributed by atoms with Gasteiger partial charge in [0.25, 0.3) is 0 Å². The number of likely N-dealkylation sites (N-methyl/N-ethyl adjacent to an activating group) is 1. The van der Waals surface area contributed by atoms with Crippen molar-refractivity contribution in [1.82, 2.24) is 14.9 Å². The number of halogens is 4. The van der Waals surface area contributed by atoms with Gasteiger partial charge in [0.1, 0.15) is 11.3 Å². The lowest BCUT2D eigenvalue weighted by Crippen LogP contribution is -2.32. The fourth-order valence-corrected chi connectivity index (χ4v) is 3.57. The van der Waals surface area contributed by atoms with Crippen LogP contribution >= 0.6 is 11.6 Å². The second kappa shape index (κ2) is 6.40. The van der Waals surface area contributed by atoms with Gasteiger partial charge in [-0.3, -0.25) is 5.01 Å². The van der Waals surface area contributed by atoms with Crippen LogP contribution in [0.2, 0.25) is 5.02 Å². The van der Waals surface area contributed by atoms with Crippen molar-refractivity contribution in [3.05, 3.63) is 35.1 Å². The molecule has 0 saturated heterocycles. The van der Waals surface area contributed by atoms with Crippen molar-refractivity contribution < 1.29 is 26.4 Å². The van der Waals surface area contributed by atoms with E-state index in [1.807, 2.05) is 0 Å². The highest BCUT2D eigenvalue weighted by molar-refractivity contribution is 7.91. The third kappa shape index (κ3) is 3.36. The summed E-state index contributed by atoms with van der Waals surface area (Å²) in [5.74, 6) is 0. The highest BCUT2D eigenvalue weighted by Gasteiger charge is 2.40. The van der Waals surface area contributed by atoms with Crippen molar-refractivity contribution >= 4 is 27.7 Å². The van der Waals surface area contributed by atoms with Crippen LogP contribution in [0.4, 0.5) is 13.2 Å². The first-order chi connectivity index (χ1) is 11.1. The largest absolute Gasteiger partial charge is 0.419 e. The van der Waals surface area contributed by atoms with Crippen LogP contribution in [0.25, 0.3) is 0 Å². The summed E-state index contributed by atoms with van der Waals surface area (Å²) < 4.78 is 64.1. The number of hydrogen-bond donors (Lipinski definition) is 0. The van der Waals surface area contributed by atoms with E-state index in [1.54, 1.807) is 0 Å². The molecule has 0 spiro atoms. The van der Waals surface area contributed by atoms with Crippen molar-refractivity contribution in [2.75, 3.05) is 18.6 Å². The Morgan fingerprint density at radius 2 is 2.04 bits per heavy atom. The number of sulfone groups is 1. The number of carbonyl (C=O) groups is 1. The van der Waals surface area contributed by atoms with Crippen LogP contribution in [0.5, 0.6) is 0 Å². The Bertz CT molecular complexity index is 867. The smallest absolute Gasteiger partial charge is 0.301 e. The minimum atomic E-state index is -4.92. The zero-order valence-corrected chi connectivity index (χ0v) is 13.6. The van der Waals surface area contributed by atoms with Crippen LogP contribution in [-0.4, -0.2) is 43.2 Å². The summed E-state index contributed by atoms with van der Waals surface area (Å²) >= 11 is 5.80. The fraction of sp³-hybridized carbons (Fsp3) is 0.250. The minimum Gasteiger partial charge on any atom is -0.301 e. The lowest BCUT2D eigenvalue weighted by Gasteiger charge is -2.15. The molecule has 0 aliphatic carbocycles. The molecule has 0 amide bonds. The summed E-state index contributed by atoms with van der Waals surface area (Å²) in [6.45, 7) is -0.130. The molecule has 130 valence electrons. The fourth-order valence-electron chi connectivity index (χ4n) is 1.79. The summed E-state index contributed by atoms with van der Waals surface area (Å²) in [4.78, 5) is 14.8. The SMILES string of the molecule is CN(CC=O)n1cc(Cl)c(S(=O)(=O)c2ncccc2C(F)(F)F)n1. The zero-order chi connectivity index (χ0) is 18.1. The van der Waals surface area contributed by atoms with E-state index in [4.69, 9.17) is 11.6 Å². The summed E-state index contributed by atoms with van der Waals surface area (Å²) in [6.07, 6.45) is -2.40. The molecule has 2 aromatic rings. The van der Waals surface area contributed by atoms with Crippen LogP contribution < -0.4 is 5.01 Å². The molecule has 2 rings (SSSR count). The average molecular weight is 383 g/mol. The minimum absolute atomic E-state index is 0.130. The lowest BCUT2D eigenvalue weighted by molar-refractivity contribution is -0.140. The number of aromatic nitrogens is 3. The van der Waals surface area contributed by atoms with Gasteiger partial charge >= 0.3 is 6.18 Å². The number of nitrogens with zero attached hydrogens (tertiary/aromatic N) is 4. The molecule has 0 radical (unpaired) electrons. The van der Waals surface area contributed by atoms with Crippen molar-refractivity contribution in [3.8, 4) is 0 Å². The predicted molar refractivity (Wildman–Crippen MR) is 77.0 cm³/mol. The normalized spacial score (nSPS) is 12.2. The van der Waals surface area contributed by atoms with E-state index in [-0.39, 0.29) is 6.54 Å². The standard InChI is InChI=1S/C12H10ClF3N4O3S/c1-19(5-6-21)20-7-9(13)11(18-20)24(22,23)10-8(12(14,15)16)3-2-4-17-10/h2-4,6-7H,5H2,1H3. The molecule has 0 N–H and O–H groups in total. The summed E-state index contributed by atoms with van der Waals surface area (Å²) in [6, 6.07) is 1.57. The average Bonchev–Trinajstić information content (AvgIpc) is 2.89. The molecular weight excluding hydrogens is 373 g/mol. The van der Waals surface area contributed by atoms with Crippen LogP contribution in [0.3, 0.4) is 0 Å². The van der Waals surface area contributed by atoms with Gasteiger partial charge in [0.2, 0.25) is 14.9 Å². The quantitative estimate of drug-likeness (QED) is 0.729. The molecule has 2 heterocycles. The Labute approximate surface area is 139 Å². The van der Waals surface area contributed by atoms with Crippen LogP contribution in [-0.2, 0) is 20.8 Å². The molecule has 2 aromatic heterocycles. The van der Waals surface area contributed by atoms with Gasteiger partial charge < -0.3 is 4.79 Å². The molecule has 0 aliphatic heterocycles. The molecule has 0 unspecified atom stereocenters. The highest BCUT2D eigenvalue weighted by atomic mass is 35.5. The molecule has 0 saturated carbocycles. The lowest BCUT2D eigenvalue weighted by atomic mass is 10.3. The Morgan fingerprint density at radius 3 is 2.62 bits per heavy atom. The van der Waals surface area contributed by atoms with E-state index in [9.17, 15) is 26.4 Å². The first-order valence-electron chi connectivity index (χ1n) is 6.26. The molecule has 0 aromatic carbocycles. The number of hydrogen-bond acceptors (Lipinski definition) is 6. The van der Waals surface area contributed by atoms with Gasteiger partial charge in [-0.05, 0) is 12.1 Å². The molecule has 24 heavy (non-hydrogen) atoms. The van der Waals surface area contributed by atoms with Gasteiger partial charge in [-0.1, -0.05) is 11.6 Å². The Hall–Kier alpha value is -2.14. The maximum absolute atomic E-state index is 13.0. The Balaban J connectivity index is 2.59. The summed E-state index contributed by atoms with van der Waals surface area (Å²) in [5.41, 5.74) is -1.42. The highest BCUT2D eigenvalue weighted by Crippen LogP contribution is 2.36. The predicted octanol–water partition coefficient (Wildman–Crippen LogP) is 1.55. The summed E-state index contributed by atoms with van der Waals surface area (Å²) in [5, 5.41) is 2.49. The molecular formula is C12H10ClF3N4O3S. The van der Waals surface area contributed by atoms with E-state index in [0.29, 0.717) is 12.4 Å². The van der Waals surface area contributed by atoms with Crippen LogP contribution in [0.15, 0.2) is 34.6 Å². The number of aldehydes is 1. The zero-order valence-electron chi connectivity index (χ0n) is 12.0. The molecule has 0 fully saturated rings. The second-order valence-corrected chi connectivity index (χ2v) is 6.75. The molecule has 7 nitrogen and oxygen atoms in total. The summed E-state index contributed by atoms with van der Waals surface area (Å²) in [7, 11) is -3.31. The maximum Gasteiger partial charge on any atom is 0.419 e. The first kappa shape index (κ1) is 18.2. The maximum atomic E-state index is 13.0. The Morgan fingerprint density at radius 1 is 1.38 bits per heavy atom. The van der Waals surface area contributed by atoms with E-state index in [1.165, 1.54) is 12.1 Å². The molecule has 12 heteroatoms. The topological polar surface area (TPSA) is 85.2 Å². The number of carbonyl (C=O) groups excluding carboxylic acids is 1. The van der Waals surface area contributed by atoms with E-state index in [0.717, 1.165) is 23.3 Å².